The van der Waals surface area contributed by atoms with E-state index in [-0.39, 0.29) is 38.5 Å². The Labute approximate surface area is 747 Å². The van der Waals surface area contributed by atoms with E-state index in [1.54, 1.807) is 0 Å². The van der Waals surface area contributed by atoms with Gasteiger partial charge in [-0.15, -0.1) is 0 Å². The number of amides is 2. The maximum absolute atomic E-state index is 15.2. The molecule has 0 saturated carbocycles. The molecule has 2 amide bonds. The van der Waals surface area contributed by atoms with Crippen LogP contribution in [0.4, 0.5) is 0 Å². The monoisotopic (exact) mass is 1810 g/mol. The lowest BCUT2D eigenvalue weighted by atomic mass is 9.95. The van der Waals surface area contributed by atoms with Crippen LogP contribution in [0.5, 0.6) is 0 Å². The third-order valence-corrected chi connectivity index (χ3v) is 25.0. The van der Waals surface area contributed by atoms with Crippen LogP contribution in [0.15, 0.2) is 0 Å². The molecule has 2 saturated heterocycles. The first-order valence-electron chi connectivity index (χ1n) is 49.8. The minimum atomic E-state index is -5.72. The number of carbonyl (C=O) groups excluding carboxylic acids is 6. The lowest BCUT2D eigenvalue weighted by Crippen LogP contribution is -2.68. The number of esters is 4. The Hall–Kier alpha value is -3.28. The number of rotatable bonds is 84. The van der Waals surface area contributed by atoms with Crippen molar-refractivity contribution in [1.29, 1.82) is 0 Å². The summed E-state index contributed by atoms with van der Waals surface area (Å²) in [5, 5.41) is 62.7. The molecule has 730 valence electrons. The minimum absolute atomic E-state index is 0.0695. The molecule has 124 heavy (non-hydrogen) atoms. The average Bonchev–Trinajstić information content (AvgIpc) is 0.777. The number of aliphatic hydroxyl groups excluding tert-OH is 5. The van der Waals surface area contributed by atoms with Crippen LogP contribution in [0.2, 0.25) is 0 Å². The summed E-state index contributed by atoms with van der Waals surface area (Å²) in [5.41, 5.74) is 0. The fourth-order valence-electron chi connectivity index (χ4n) is 16.6. The fraction of sp³-hybridized carbons (Fsp3) is 0.936. The van der Waals surface area contributed by atoms with Gasteiger partial charge in [-0.25, -0.2) is 13.9 Å². The van der Waals surface area contributed by atoms with E-state index in [2.05, 4.69) is 52.2 Å². The standard InChI is InChI=1S/C94H178N2O26P2/c1-7-13-19-25-31-37-43-48-54-60-66-78(100)92(107)116-77(65-59-53-47-41-35-29-23-17-11-5)71-85(105)120-91-87(96-82(102)70-76(64-58-52-46-40-34-28-22-16-10-4)115-83(103)67-61-55-49-42-36-30-24-18-12-6)93(117-79(72-97)89(91)121-123(108,109)110)114-73-80-88(106)90(119-84(104)69-75(99)63-57-51-45-39-33-27-21-15-9-3)86(94(118-80)122-124(111,112)113)95-81(101)68-74(98)62-56-50-44-38-32-26-20-14-8-2/h74-80,86-91,93-94,97-100,106H,7-73H2,1-6H3,(H,95,101)(H,96,102)(H2,108,109,110)(H2,111,112,113)/t74?,75-,76?,77+,78-,79-,80-,86-,87-,88-,89-,90-,91-,93-,94-/m1/s1. The van der Waals surface area contributed by atoms with E-state index in [1.165, 1.54) is 44.9 Å². The van der Waals surface area contributed by atoms with Crippen LogP contribution in [0.25, 0.3) is 0 Å². The van der Waals surface area contributed by atoms with Gasteiger partial charge in [0.1, 0.15) is 48.7 Å². The first-order valence-corrected chi connectivity index (χ1v) is 52.9. The number of nitrogens with one attached hydrogen (secondary N) is 2. The van der Waals surface area contributed by atoms with Crippen molar-refractivity contribution < 1.29 is 125 Å². The van der Waals surface area contributed by atoms with Gasteiger partial charge in [0.2, 0.25) is 11.8 Å². The second-order valence-corrected chi connectivity index (χ2v) is 38.1. The maximum atomic E-state index is 15.2. The second-order valence-electron chi connectivity index (χ2n) is 35.7. The summed E-state index contributed by atoms with van der Waals surface area (Å²) in [6.07, 6.45) is 29.6. The lowest BCUT2D eigenvalue weighted by molar-refractivity contribution is -0.297. The van der Waals surface area contributed by atoms with Gasteiger partial charge in [-0.1, -0.05) is 375 Å². The molecule has 2 unspecified atom stereocenters. The van der Waals surface area contributed by atoms with Crippen LogP contribution in [0, 0.1) is 0 Å². The summed E-state index contributed by atoms with van der Waals surface area (Å²) < 4.78 is 79.9. The van der Waals surface area contributed by atoms with Gasteiger partial charge < -0.3 is 88.9 Å². The van der Waals surface area contributed by atoms with Crippen molar-refractivity contribution in [3.05, 3.63) is 0 Å². The highest BCUT2D eigenvalue weighted by Crippen LogP contribution is 2.44. The highest BCUT2D eigenvalue weighted by Gasteiger charge is 2.55. The number of hydrogen-bond donors (Lipinski definition) is 11. The van der Waals surface area contributed by atoms with Crippen molar-refractivity contribution in [2.45, 2.75) is 551 Å². The second kappa shape index (κ2) is 75.3. The van der Waals surface area contributed by atoms with Gasteiger partial charge in [-0.2, -0.15) is 0 Å². The number of ether oxygens (including phenoxy) is 7. The predicted octanol–water partition coefficient (Wildman–Crippen LogP) is 19.6. The van der Waals surface area contributed by atoms with Gasteiger partial charge in [0.05, 0.1) is 51.1 Å². The fourth-order valence-corrected chi connectivity index (χ4v) is 17.6. The Morgan fingerprint density at radius 2 is 0.669 bits per heavy atom. The molecular formula is C94H178N2O26P2. The summed E-state index contributed by atoms with van der Waals surface area (Å²) >= 11 is 0. The molecule has 28 nitrogen and oxygen atoms in total. The molecule has 11 N–H and O–H groups in total. The van der Waals surface area contributed by atoms with Crippen molar-refractivity contribution in [3.8, 4) is 0 Å². The first-order chi connectivity index (χ1) is 59.7. The Morgan fingerprint density at radius 1 is 0.347 bits per heavy atom. The molecule has 0 aliphatic carbocycles. The van der Waals surface area contributed by atoms with Crippen LogP contribution in [0.1, 0.15) is 459 Å². The van der Waals surface area contributed by atoms with Gasteiger partial charge in [-0.3, -0.25) is 33.0 Å². The van der Waals surface area contributed by atoms with Gasteiger partial charge in [0.25, 0.3) is 0 Å². The van der Waals surface area contributed by atoms with Gasteiger partial charge in [0, 0.05) is 6.42 Å². The molecule has 2 aliphatic rings. The Kier molecular flexibility index (Phi) is 70.9. The van der Waals surface area contributed by atoms with E-state index in [1.807, 2.05) is 0 Å². The van der Waals surface area contributed by atoms with E-state index in [0.717, 1.165) is 263 Å². The third-order valence-electron chi connectivity index (χ3n) is 24.0. The number of phosphoric ester groups is 2. The van der Waals surface area contributed by atoms with E-state index in [0.29, 0.717) is 44.9 Å². The molecule has 0 aromatic rings. The van der Waals surface area contributed by atoms with Crippen molar-refractivity contribution in [2.24, 2.45) is 0 Å². The average molecular weight is 1810 g/mol. The molecule has 15 atom stereocenters. The highest BCUT2D eigenvalue weighted by atomic mass is 31.2. The summed E-state index contributed by atoms with van der Waals surface area (Å²) in [6.45, 7) is 10.8. The van der Waals surface area contributed by atoms with Crippen molar-refractivity contribution in [2.75, 3.05) is 13.2 Å². The number of aliphatic hydroxyl groups is 5. The molecular weight excluding hydrogens is 1630 g/mol. The Morgan fingerprint density at radius 3 is 1.06 bits per heavy atom. The van der Waals surface area contributed by atoms with Gasteiger partial charge >= 0.3 is 39.5 Å². The van der Waals surface area contributed by atoms with Crippen LogP contribution in [-0.4, -0.2) is 186 Å². The molecule has 2 heterocycles. The van der Waals surface area contributed by atoms with Crippen molar-refractivity contribution in [3.63, 3.8) is 0 Å². The number of unbranched alkanes of at least 4 members (excludes halogenated alkanes) is 49. The molecule has 2 aliphatic heterocycles. The molecule has 0 radical (unpaired) electrons. The summed E-state index contributed by atoms with van der Waals surface area (Å²) in [6, 6.07) is -3.92. The van der Waals surface area contributed by atoms with E-state index >= 15 is 9.59 Å². The quantitative estimate of drug-likeness (QED) is 0.0117. The summed E-state index contributed by atoms with van der Waals surface area (Å²) in [7, 11) is -11.4. The van der Waals surface area contributed by atoms with E-state index in [4.69, 9.17) is 42.2 Å². The Balaban J connectivity index is 2.86. The minimum Gasteiger partial charge on any atom is -0.462 e. The van der Waals surface area contributed by atoms with Crippen molar-refractivity contribution in [1.82, 2.24) is 10.6 Å². The van der Waals surface area contributed by atoms with Gasteiger partial charge in [-0.05, 0) is 51.4 Å². The molecule has 0 spiro atoms. The summed E-state index contributed by atoms with van der Waals surface area (Å²) in [4.78, 5) is 129. The van der Waals surface area contributed by atoms with Crippen molar-refractivity contribution >= 4 is 51.3 Å². The van der Waals surface area contributed by atoms with Crippen LogP contribution < -0.4 is 10.6 Å². The van der Waals surface area contributed by atoms with Gasteiger partial charge in [0.15, 0.2) is 30.9 Å². The molecule has 30 heteroatoms. The molecule has 0 aromatic heterocycles. The number of phosphoric acid groups is 2. The van der Waals surface area contributed by atoms with E-state index < -0.39 is 182 Å². The SMILES string of the molecule is CCCCCCCCCCCC[C@@H](O)C(=O)O[C@@H](CCCCCCCCCCC)CC(=O)O[C@@H]1[C@@H](NC(=O)CC(CCCCCCCCCCC)OC(=O)CCCCCCCCCCC)[C@H](OC[C@H]2O[C@H](OP(=O)(O)O)[C@H](NC(=O)CC(O)CCCCCCCCCCC)[C@@H](OC(=O)C[C@H](O)CCCCCCCCCCC)[C@@H]2O)O[C@H](CO)[C@H]1OP(=O)(O)O. The zero-order chi connectivity index (χ0) is 91.3. The molecule has 0 aromatic carbocycles. The number of hydrogen-bond acceptors (Lipinski definition) is 22. The lowest BCUT2D eigenvalue weighted by Gasteiger charge is -2.47. The zero-order valence-electron chi connectivity index (χ0n) is 77.9. The molecule has 2 fully saturated rings. The zero-order valence-corrected chi connectivity index (χ0v) is 79.7. The highest BCUT2D eigenvalue weighted by molar-refractivity contribution is 7.46. The normalized spacial score (nSPS) is 20.6. The molecule has 0 bridgehead atoms. The van der Waals surface area contributed by atoms with E-state index in [9.17, 15) is 73.4 Å². The van der Waals surface area contributed by atoms with Crippen LogP contribution >= 0.6 is 15.6 Å². The Bertz CT molecular complexity index is 2750. The largest absolute Gasteiger partial charge is 0.472 e. The maximum Gasteiger partial charge on any atom is 0.472 e. The first kappa shape index (κ1) is 117. The third kappa shape index (κ3) is 60.6. The predicted molar refractivity (Wildman–Crippen MR) is 482 cm³/mol. The topological polar surface area (TPSA) is 426 Å². The summed E-state index contributed by atoms with van der Waals surface area (Å²) in [5.74, 6) is -5.64. The smallest absolute Gasteiger partial charge is 0.462 e. The number of carbonyl (C=O) groups is 6. The van der Waals surface area contributed by atoms with Crippen LogP contribution in [0.3, 0.4) is 0 Å². The molecule has 2 rings (SSSR count). The van der Waals surface area contributed by atoms with Crippen LogP contribution in [-0.2, 0) is 80.1 Å².